The maximum absolute atomic E-state index is 13.1. The smallest absolute Gasteiger partial charge is 0.258 e. The molecule has 1 aliphatic rings. The number of benzene rings is 2. The molecule has 2 heterocycles. The molecule has 0 N–H and O–H groups in total. The Morgan fingerprint density at radius 3 is 2.88 bits per heavy atom. The van der Waals surface area contributed by atoms with E-state index in [1.807, 2.05) is 64.9 Å². The molecule has 0 radical (unpaired) electrons. The molecule has 3 aromatic rings. The van der Waals surface area contributed by atoms with E-state index in [0.29, 0.717) is 12.2 Å². The van der Waals surface area contributed by atoms with Crippen LogP contribution in [0.25, 0.3) is 0 Å². The van der Waals surface area contributed by atoms with E-state index in [2.05, 4.69) is 13.0 Å². The second-order valence-corrected chi connectivity index (χ2v) is 7.29. The number of anilines is 1. The lowest BCUT2D eigenvalue weighted by atomic mass is 10.1. The Morgan fingerprint density at radius 2 is 2.04 bits per heavy atom. The van der Waals surface area contributed by atoms with E-state index < -0.39 is 0 Å². The van der Waals surface area contributed by atoms with Gasteiger partial charge in [0.05, 0.1) is 0 Å². The quantitative estimate of drug-likeness (QED) is 0.669. The summed E-state index contributed by atoms with van der Waals surface area (Å²) >= 11 is 1.67. The van der Waals surface area contributed by atoms with Gasteiger partial charge in [0, 0.05) is 22.2 Å². The van der Waals surface area contributed by atoms with Crippen LogP contribution in [0.5, 0.6) is 5.75 Å². The summed E-state index contributed by atoms with van der Waals surface area (Å²) in [4.78, 5) is 16.1. The first-order chi connectivity index (χ1) is 12.2. The van der Waals surface area contributed by atoms with Gasteiger partial charge in [-0.3, -0.25) is 4.79 Å². The normalized spacial score (nSPS) is 15.9. The lowest BCUT2D eigenvalue weighted by Crippen LogP contribution is -2.35. The van der Waals surface area contributed by atoms with Gasteiger partial charge in [-0.1, -0.05) is 30.3 Å². The highest BCUT2D eigenvalue weighted by Crippen LogP contribution is 2.33. The summed E-state index contributed by atoms with van der Waals surface area (Å²) in [5, 5.41) is 2.03. The molecule has 1 aromatic heterocycles. The molecule has 2 aromatic carbocycles. The SMILES string of the molecule is C[C@@H]1Cc2ccccc2N1C(=O)c1cccc(OCc2cccs2)c1. The van der Waals surface area contributed by atoms with E-state index in [4.69, 9.17) is 4.74 Å². The van der Waals surface area contributed by atoms with Crippen LogP contribution in [0.2, 0.25) is 0 Å². The molecule has 1 aliphatic heterocycles. The third-order valence-electron chi connectivity index (χ3n) is 4.47. The van der Waals surface area contributed by atoms with Crippen LogP contribution in [-0.2, 0) is 13.0 Å². The Kier molecular flexibility index (Phi) is 4.28. The Hall–Kier alpha value is -2.59. The van der Waals surface area contributed by atoms with Gasteiger partial charge in [0.25, 0.3) is 5.91 Å². The van der Waals surface area contributed by atoms with Gasteiger partial charge in [-0.2, -0.15) is 0 Å². The molecular formula is C21H19NO2S. The number of thiophene rings is 1. The highest BCUT2D eigenvalue weighted by molar-refractivity contribution is 7.09. The number of para-hydroxylation sites is 1. The van der Waals surface area contributed by atoms with Crippen LogP contribution in [0, 0.1) is 0 Å². The summed E-state index contributed by atoms with van der Waals surface area (Å²) in [7, 11) is 0. The highest BCUT2D eigenvalue weighted by atomic mass is 32.1. The average molecular weight is 349 g/mol. The van der Waals surface area contributed by atoms with Crippen LogP contribution in [0.4, 0.5) is 5.69 Å². The summed E-state index contributed by atoms with van der Waals surface area (Å²) in [6.45, 7) is 2.62. The van der Waals surface area contributed by atoms with Crippen LogP contribution < -0.4 is 9.64 Å². The zero-order valence-corrected chi connectivity index (χ0v) is 14.8. The van der Waals surface area contributed by atoms with E-state index in [1.54, 1.807) is 11.3 Å². The van der Waals surface area contributed by atoms with Crippen LogP contribution in [0.1, 0.15) is 27.7 Å². The largest absolute Gasteiger partial charge is 0.488 e. The van der Waals surface area contributed by atoms with Crippen LogP contribution in [0.15, 0.2) is 66.0 Å². The van der Waals surface area contributed by atoms with Gasteiger partial charge in [0.15, 0.2) is 0 Å². The molecule has 4 heteroatoms. The van der Waals surface area contributed by atoms with Crippen molar-refractivity contribution in [2.24, 2.45) is 0 Å². The second-order valence-electron chi connectivity index (χ2n) is 6.25. The van der Waals surface area contributed by atoms with Gasteiger partial charge in [-0.15, -0.1) is 11.3 Å². The molecule has 126 valence electrons. The summed E-state index contributed by atoms with van der Waals surface area (Å²) in [5.41, 5.74) is 2.91. The molecule has 0 aliphatic carbocycles. The Balaban J connectivity index is 1.55. The molecule has 4 rings (SSSR count). The predicted molar refractivity (Wildman–Crippen MR) is 102 cm³/mol. The Bertz CT molecular complexity index is 888. The number of hydrogen-bond donors (Lipinski definition) is 0. The number of carbonyl (C=O) groups excluding carboxylic acids is 1. The lowest BCUT2D eigenvalue weighted by Gasteiger charge is -2.23. The molecule has 0 fully saturated rings. The van der Waals surface area contributed by atoms with Crippen LogP contribution in [0.3, 0.4) is 0 Å². The maximum atomic E-state index is 13.1. The zero-order chi connectivity index (χ0) is 17.2. The fourth-order valence-corrected chi connectivity index (χ4v) is 3.90. The fourth-order valence-electron chi connectivity index (χ4n) is 3.28. The first kappa shape index (κ1) is 15.9. The van der Waals surface area contributed by atoms with Gasteiger partial charge in [0.1, 0.15) is 12.4 Å². The maximum Gasteiger partial charge on any atom is 0.258 e. The predicted octanol–water partition coefficient (Wildman–Crippen LogP) is 4.92. The van der Waals surface area contributed by atoms with E-state index in [9.17, 15) is 4.79 Å². The molecule has 0 spiro atoms. The molecule has 0 unspecified atom stereocenters. The monoisotopic (exact) mass is 349 g/mol. The zero-order valence-electron chi connectivity index (χ0n) is 14.0. The Labute approximate surface area is 151 Å². The van der Waals surface area contributed by atoms with Gasteiger partial charge < -0.3 is 9.64 Å². The first-order valence-corrected chi connectivity index (χ1v) is 9.27. The van der Waals surface area contributed by atoms with E-state index in [0.717, 1.165) is 17.9 Å². The van der Waals surface area contributed by atoms with Crippen molar-refractivity contribution < 1.29 is 9.53 Å². The minimum atomic E-state index is 0.0269. The summed E-state index contributed by atoms with van der Waals surface area (Å²) in [6, 6.07) is 19.8. The van der Waals surface area contributed by atoms with Crippen molar-refractivity contribution in [2.75, 3.05) is 4.90 Å². The van der Waals surface area contributed by atoms with Crippen molar-refractivity contribution in [2.45, 2.75) is 26.0 Å². The molecule has 0 saturated carbocycles. The van der Waals surface area contributed by atoms with E-state index in [-0.39, 0.29) is 11.9 Å². The van der Waals surface area contributed by atoms with E-state index in [1.165, 1.54) is 10.4 Å². The number of amides is 1. The summed E-state index contributed by atoms with van der Waals surface area (Å²) in [6.07, 6.45) is 0.899. The molecule has 0 saturated heterocycles. The topological polar surface area (TPSA) is 29.5 Å². The third kappa shape index (κ3) is 3.17. The van der Waals surface area contributed by atoms with Crippen molar-refractivity contribution in [3.05, 3.63) is 82.0 Å². The number of ether oxygens (including phenoxy) is 1. The van der Waals surface area contributed by atoms with Gasteiger partial charge in [-0.05, 0) is 54.6 Å². The standard InChI is InChI=1S/C21H19NO2S/c1-15-12-16-6-2-3-10-20(16)22(15)21(23)17-7-4-8-18(13-17)24-14-19-9-5-11-25-19/h2-11,13,15H,12,14H2,1H3/t15-/m1/s1. The fraction of sp³-hybridized carbons (Fsp3) is 0.190. The molecule has 1 atom stereocenters. The summed E-state index contributed by atoms with van der Waals surface area (Å²) in [5.74, 6) is 0.749. The molecule has 1 amide bonds. The van der Waals surface area contributed by atoms with Crippen LogP contribution in [-0.4, -0.2) is 11.9 Å². The first-order valence-electron chi connectivity index (χ1n) is 8.39. The van der Waals surface area contributed by atoms with E-state index >= 15 is 0 Å². The number of fused-ring (bicyclic) bond motifs is 1. The minimum Gasteiger partial charge on any atom is -0.488 e. The highest BCUT2D eigenvalue weighted by Gasteiger charge is 2.31. The van der Waals surface area contributed by atoms with Gasteiger partial charge >= 0.3 is 0 Å². The number of nitrogens with zero attached hydrogens (tertiary/aromatic N) is 1. The number of rotatable bonds is 4. The van der Waals surface area contributed by atoms with Gasteiger partial charge in [0.2, 0.25) is 0 Å². The average Bonchev–Trinajstić information content (AvgIpc) is 3.26. The summed E-state index contributed by atoms with van der Waals surface area (Å²) < 4.78 is 5.84. The molecule has 25 heavy (non-hydrogen) atoms. The van der Waals surface area contributed by atoms with Gasteiger partial charge in [-0.25, -0.2) is 0 Å². The number of carbonyl (C=O) groups is 1. The van der Waals surface area contributed by atoms with Crippen molar-refractivity contribution in [1.29, 1.82) is 0 Å². The third-order valence-corrected chi connectivity index (χ3v) is 5.32. The van der Waals surface area contributed by atoms with Crippen molar-refractivity contribution in [3.8, 4) is 5.75 Å². The van der Waals surface area contributed by atoms with Crippen molar-refractivity contribution >= 4 is 22.9 Å². The van der Waals surface area contributed by atoms with Crippen molar-refractivity contribution in [3.63, 3.8) is 0 Å². The molecule has 3 nitrogen and oxygen atoms in total. The lowest BCUT2D eigenvalue weighted by molar-refractivity contribution is 0.0981. The molecular weight excluding hydrogens is 330 g/mol. The molecule has 0 bridgehead atoms. The Morgan fingerprint density at radius 1 is 1.16 bits per heavy atom. The van der Waals surface area contributed by atoms with Crippen LogP contribution >= 0.6 is 11.3 Å². The number of hydrogen-bond acceptors (Lipinski definition) is 3. The van der Waals surface area contributed by atoms with Crippen molar-refractivity contribution in [1.82, 2.24) is 0 Å². The second kappa shape index (κ2) is 6.73. The minimum absolute atomic E-state index is 0.0269.